The summed E-state index contributed by atoms with van der Waals surface area (Å²) in [6, 6.07) is 8.16. The van der Waals surface area contributed by atoms with Crippen LogP contribution in [0.4, 0.5) is 26.0 Å². The Labute approximate surface area is 254 Å². The number of sulfonamides is 1. The van der Waals surface area contributed by atoms with Gasteiger partial charge in [0.1, 0.15) is 5.52 Å². The van der Waals surface area contributed by atoms with Gasteiger partial charge in [0.2, 0.25) is 15.9 Å². The molecule has 1 aromatic carbocycles. The van der Waals surface area contributed by atoms with Gasteiger partial charge in [-0.25, -0.2) is 27.2 Å². The van der Waals surface area contributed by atoms with Crippen LogP contribution >= 0.6 is 0 Å². The number of amides is 1. The van der Waals surface area contributed by atoms with Gasteiger partial charge in [-0.1, -0.05) is 0 Å². The molecule has 3 aromatic rings. The number of alkyl halides is 2. The lowest BCUT2D eigenvalue weighted by molar-refractivity contribution is -0.0221. The summed E-state index contributed by atoms with van der Waals surface area (Å²) in [4.78, 5) is 26.2. The van der Waals surface area contributed by atoms with E-state index in [9.17, 15) is 27.1 Å². The highest BCUT2D eigenvalue weighted by atomic mass is 32.2. The molecule has 11 nitrogen and oxygen atoms in total. The van der Waals surface area contributed by atoms with Crippen molar-refractivity contribution in [2.75, 3.05) is 60.2 Å². The maximum atomic E-state index is 14.2. The third-order valence-corrected chi connectivity index (χ3v) is 10.3. The molecule has 44 heavy (non-hydrogen) atoms. The first-order valence-electron chi connectivity index (χ1n) is 14.8. The number of nitrogens with zero attached hydrogens (tertiary/aromatic N) is 4. The zero-order valence-electron chi connectivity index (χ0n) is 24.5. The van der Waals surface area contributed by atoms with Crippen LogP contribution in [0.25, 0.3) is 22.2 Å². The second-order valence-corrected chi connectivity index (χ2v) is 13.8. The molecule has 0 radical (unpaired) electrons. The van der Waals surface area contributed by atoms with Crippen molar-refractivity contribution < 1.29 is 31.8 Å². The van der Waals surface area contributed by atoms with E-state index < -0.39 is 34.2 Å². The van der Waals surface area contributed by atoms with Crippen LogP contribution in [0, 0.1) is 5.41 Å². The minimum Gasteiger partial charge on any atom is -0.481 e. The molecule has 1 saturated carbocycles. The molecule has 0 unspecified atom stereocenters. The lowest BCUT2D eigenvalue weighted by atomic mass is 9.91. The number of aliphatic hydroxyl groups is 1. The van der Waals surface area contributed by atoms with E-state index in [1.807, 2.05) is 0 Å². The average molecular weight is 631 g/mol. The second kappa shape index (κ2) is 11.3. The SMILES string of the molecule is COc1ccc2cc(-c3c(NS(=O)(=O)CCO)ccc(C(N)=O)c3N3CCC4(CC3)CC4)nc(N3CCC(F)(F)CC3)c2n1. The normalized spacial score (nSPS) is 19.3. The Kier molecular flexibility index (Phi) is 7.77. The van der Waals surface area contributed by atoms with Gasteiger partial charge in [0, 0.05) is 56.0 Å². The lowest BCUT2D eigenvalue weighted by Crippen LogP contribution is -2.40. The quantitative estimate of drug-likeness (QED) is 0.321. The van der Waals surface area contributed by atoms with Crippen LogP contribution in [0.2, 0.25) is 0 Å². The first-order chi connectivity index (χ1) is 20.9. The minimum absolute atomic E-state index is 0.0375. The van der Waals surface area contributed by atoms with Crippen molar-refractivity contribution in [2.24, 2.45) is 11.1 Å². The number of rotatable bonds is 9. The van der Waals surface area contributed by atoms with Crippen LogP contribution in [0.5, 0.6) is 5.88 Å². The van der Waals surface area contributed by atoms with Gasteiger partial charge in [0.15, 0.2) is 5.82 Å². The summed E-state index contributed by atoms with van der Waals surface area (Å²) in [7, 11) is -2.50. The maximum absolute atomic E-state index is 14.2. The Balaban J connectivity index is 1.58. The second-order valence-electron chi connectivity index (χ2n) is 12.0. The van der Waals surface area contributed by atoms with Crippen molar-refractivity contribution in [3.8, 4) is 17.1 Å². The van der Waals surface area contributed by atoms with Gasteiger partial charge in [-0.15, -0.1) is 0 Å². The molecule has 14 heteroatoms. The highest BCUT2D eigenvalue weighted by Gasteiger charge is 2.45. The van der Waals surface area contributed by atoms with E-state index >= 15 is 0 Å². The summed E-state index contributed by atoms with van der Waals surface area (Å²) in [5, 5.41) is 10.0. The summed E-state index contributed by atoms with van der Waals surface area (Å²) >= 11 is 0. The molecule has 4 heterocycles. The van der Waals surface area contributed by atoms with Crippen LogP contribution in [0.15, 0.2) is 30.3 Å². The third kappa shape index (κ3) is 5.96. The number of carbonyl (C=O) groups excluding carboxylic acids is 1. The number of fused-ring (bicyclic) bond motifs is 1. The molecule has 1 spiro atoms. The van der Waals surface area contributed by atoms with E-state index in [0.29, 0.717) is 58.1 Å². The summed E-state index contributed by atoms with van der Waals surface area (Å²) in [6.45, 7) is 0.767. The number of aliphatic hydroxyl groups excluding tert-OH is 1. The highest BCUT2D eigenvalue weighted by molar-refractivity contribution is 7.92. The number of hydrogen-bond donors (Lipinski definition) is 3. The molecule has 2 aromatic heterocycles. The van der Waals surface area contributed by atoms with E-state index in [2.05, 4.69) is 14.6 Å². The van der Waals surface area contributed by atoms with Gasteiger partial charge in [-0.05, 0) is 55.4 Å². The predicted molar refractivity (Wildman–Crippen MR) is 164 cm³/mol. The fourth-order valence-corrected chi connectivity index (χ4v) is 7.13. The fourth-order valence-electron chi connectivity index (χ4n) is 6.29. The van der Waals surface area contributed by atoms with Crippen LogP contribution in [-0.2, 0) is 10.0 Å². The molecule has 3 aliphatic rings. The van der Waals surface area contributed by atoms with Gasteiger partial charge < -0.3 is 25.4 Å². The number of primary amides is 1. The van der Waals surface area contributed by atoms with Crippen molar-refractivity contribution in [3.05, 3.63) is 35.9 Å². The molecular formula is C30H36F2N6O5S. The molecule has 4 N–H and O–H groups in total. The number of nitrogens with one attached hydrogen (secondary N) is 1. The van der Waals surface area contributed by atoms with Crippen molar-refractivity contribution >= 4 is 44.0 Å². The number of methoxy groups -OCH3 is 1. The summed E-state index contributed by atoms with van der Waals surface area (Å²) in [6.07, 6.45) is 3.47. The first kappa shape index (κ1) is 30.3. The highest BCUT2D eigenvalue weighted by Crippen LogP contribution is 2.55. The number of hydrogen-bond acceptors (Lipinski definition) is 9. The first-order valence-corrected chi connectivity index (χ1v) is 16.4. The van der Waals surface area contributed by atoms with Crippen molar-refractivity contribution in [2.45, 2.75) is 44.4 Å². The monoisotopic (exact) mass is 630 g/mol. The number of piperidine rings is 2. The molecule has 0 bridgehead atoms. The van der Waals surface area contributed by atoms with Crippen molar-refractivity contribution in [3.63, 3.8) is 0 Å². The maximum Gasteiger partial charge on any atom is 0.251 e. The van der Waals surface area contributed by atoms with E-state index in [4.69, 9.17) is 15.5 Å². The Bertz CT molecular complexity index is 1700. The Morgan fingerprint density at radius 2 is 1.70 bits per heavy atom. The molecule has 236 valence electrons. The standard InChI is InChI=1S/C30H36F2N6O5S/c1-43-23-5-2-19-18-22(34-28(25(19)35-23)38-14-10-30(31,32)11-15-38)24-21(36-44(41,42)17-16-39)4-3-20(27(33)40)26(24)37-12-8-29(6-7-29)9-13-37/h2-5,18,36,39H,6-17H2,1H3,(H2,33,40). The van der Waals surface area contributed by atoms with Gasteiger partial charge >= 0.3 is 0 Å². The molecular weight excluding hydrogens is 594 g/mol. The number of anilines is 3. The Morgan fingerprint density at radius 1 is 1.02 bits per heavy atom. The number of aromatic nitrogens is 2. The lowest BCUT2D eigenvalue weighted by Gasteiger charge is -2.37. The van der Waals surface area contributed by atoms with Crippen LogP contribution < -0.4 is 25.0 Å². The largest absolute Gasteiger partial charge is 0.481 e. The van der Waals surface area contributed by atoms with Crippen molar-refractivity contribution in [1.82, 2.24) is 9.97 Å². The smallest absolute Gasteiger partial charge is 0.251 e. The summed E-state index contributed by atoms with van der Waals surface area (Å²) in [5.74, 6) is -3.32. The molecule has 2 saturated heterocycles. The van der Waals surface area contributed by atoms with Gasteiger partial charge in [-0.3, -0.25) is 9.52 Å². The van der Waals surface area contributed by atoms with Crippen molar-refractivity contribution in [1.29, 1.82) is 0 Å². The van der Waals surface area contributed by atoms with Gasteiger partial charge in [-0.2, -0.15) is 0 Å². The van der Waals surface area contributed by atoms with Crippen LogP contribution in [0.1, 0.15) is 48.9 Å². The van der Waals surface area contributed by atoms with Gasteiger partial charge in [0.25, 0.3) is 11.8 Å². The van der Waals surface area contributed by atoms with E-state index in [-0.39, 0.29) is 37.2 Å². The fraction of sp³-hybridized carbons (Fsp3) is 0.500. The average Bonchev–Trinajstić information content (AvgIpc) is 3.74. The van der Waals surface area contributed by atoms with E-state index in [1.54, 1.807) is 23.1 Å². The number of benzene rings is 1. The Hall–Kier alpha value is -3.78. The molecule has 0 atom stereocenters. The number of ether oxygens (including phenoxy) is 1. The van der Waals surface area contributed by atoms with Crippen LogP contribution in [-0.4, -0.2) is 81.0 Å². The molecule has 3 fully saturated rings. The number of pyridine rings is 2. The summed E-state index contributed by atoms with van der Waals surface area (Å²) < 4.78 is 62.1. The van der Waals surface area contributed by atoms with E-state index in [1.165, 1.54) is 19.2 Å². The zero-order valence-corrected chi connectivity index (χ0v) is 25.3. The zero-order chi connectivity index (χ0) is 31.3. The molecule has 6 rings (SSSR count). The minimum atomic E-state index is -3.98. The molecule has 1 aliphatic carbocycles. The number of halogens is 2. The summed E-state index contributed by atoms with van der Waals surface area (Å²) in [5.41, 5.74) is 8.16. The van der Waals surface area contributed by atoms with Crippen LogP contribution in [0.3, 0.4) is 0 Å². The van der Waals surface area contributed by atoms with Gasteiger partial charge in [0.05, 0.1) is 42.1 Å². The van der Waals surface area contributed by atoms with E-state index in [0.717, 1.165) is 25.7 Å². The predicted octanol–water partition coefficient (Wildman–Crippen LogP) is 3.75. The molecule has 1 amide bonds. The topological polar surface area (TPSA) is 151 Å². The third-order valence-electron chi connectivity index (χ3n) is 9.06. The number of carbonyl (C=O) groups is 1. The Morgan fingerprint density at radius 3 is 2.32 bits per heavy atom. The molecule has 2 aliphatic heterocycles. The number of nitrogens with two attached hydrogens (primary N) is 1.